The van der Waals surface area contributed by atoms with Crippen molar-refractivity contribution in [3.05, 3.63) is 48.5 Å². The average molecular weight is 329 g/mol. The van der Waals surface area contributed by atoms with Gasteiger partial charge >= 0.3 is 0 Å². The van der Waals surface area contributed by atoms with Crippen LogP contribution in [0.15, 0.2) is 48.5 Å². The molecule has 4 rings (SSSR count). The van der Waals surface area contributed by atoms with Crippen LogP contribution < -0.4 is 4.74 Å². The molecule has 0 N–H and O–H groups in total. The molecular weight excluding hydrogens is 318 g/mol. The topological polar surface area (TPSA) is 22.1 Å². The number of aromatic nitrogens is 1. The molecule has 0 aliphatic rings. The van der Waals surface area contributed by atoms with Crippen LogP contribution in [-0.4, -0.2) is 12.1 Å². The van der Waals surface area contributed by atoms with Crippen molar-refractivity contribution in [3.63, 3.8) is 0 Å². The zero-order chi connectivity index (χ0) is 14.2. The van der Waals surface area contributed by atoms with Gasteiger partial charge in [0, 0.05) is 9.75 Å². The molecule has 4 aromatic rings. The molecule has 0 fully saturated rings. The molecule has 0 aliphatic heterocycles. The van der Waals surface area contributed by atoms with E-state index in [1.165, 1.54) is 19.3 Å². The van der Waals surface area contributed by atoms with Crippen molar-refractivity contribution in [1.29, 1.82) is 0 Å². The van der Waals surface area contributed by atoms with E-state index in [2.05, 4.69) is 36.4 Å². The van der Waals surface area contributed by atoms with Crippen molar-refractivity contribution in [3.8, 4) is 24.7 Å². The quantitative estimate of drug-likeness (QED) is 0.476. The predicted octanol–water partition coefficient (Wildman–Crippen LogP) is 5.76. The van der Waals surface area contributed by atoms with Gasteiger partial charge in [0.15, 0.2) is 5.06 Å². The van der Waals surface area contributed by atoms with Crippen LogP contribution in [0.25, 0.3) is 29.9 Å². The molecule has 3 heterocycles. The van der Waals surface area contributed by atoms with Gasteiger partial charge in [0.05, 0.1) is 22.2 Å². The Labute approximate surface area is 134 Å². The van der Waals surface area contributed by atoms with Crippen molar-refractivity contribution in [1.82, 2.24) is 4.98 Å². The molecule has 104 valence electrons. The van der Waals surface area contributed by atoms with Crippen LogP contribution in [0.3, 0.4) is 0 Å². The summed E-state index contributed by atoms with van der Waals surface area (Å²) < 4.78 is 6.50. The lowest BCUT2D eigenvalue weighted by atomic mass is 10.3. The zero-order valence-corrected chi connectivity index (χ0v) is 13.6. The lowest BCUT2D eigenvalue weighted by Crippen LogP contribution is -1.73. The smallest absolute Gasteiger partial charge is 0.173 e. The fraction of sp³-hybridized carbons (Fsp3) is 0.0625. The van der Waals surface area contributed by atoms with Crippen molar-refractivity contribution in [2.24, 2.45) is 0 Å². The molecule has 0 unspecified atom stereocenters. The zero-order valence-electron chi connectivity index (χ0n) is 11.2. The highest BCUT2D eigenvalue weighted by molar-refractivity contribution is 7.28. The van der Waals surface area contributed by atoms with Crippen LogP contribution in [0.4, 0.5) is 0 Å². The van der Waals surface area contributed by atoms with E-state index in [1.54, 1.807) is 41.1 Å². The molecule has 0 bridgehead atoms. The number of ether oxygens (including phenoxy) is 1. The first-order valence-corrected chi connectivity index (χ1v) is 8.88. The van der Waals surface area contributed by atoms with E-state index in [9.17, 15) is 0 Å². The third kappa shape index (κ3) is 2.37. The van der Waals surface area contributed by atoms with E-state index in [0.29, 0.717) is 0 Å². The van der Waals surface area contributed by atoms with Crippen LogP contribution in [0, 0.1) is 0 Å². The van der Waals surface area contributed by atoms with Gasteiger partial charge in [-0.2, -0.15) is 0 Å². The predicted molar refractivity (Wildman–Crippen MR) is 92.8 cm³/mol. The summed E-state index contributed by atoms with van der Waals surface area (Å²) in [4.78, 5) is 8.44. The Morgan fingerprint density at radius 2 is 1.57 bits per heavy atom. The van der Waals surface area contributed by atoms with E-state index in [0.717, 1.165) is 15.6 Å². The molecule has 0 amide bonds. The fourth-order valence-corrected chi connectivity index (χ4v) is 5.06. The van der Waals surface area contributed by atoms with E-state index in [-0.39, 0.29) is 0 Å². The number of methoxy groups -OCH3 is 1. The van der Waals surface area contributed by atoms with Gasteiger partial charge in [0.2, 0.25) is 0 Å². The summed E-state index contributed by atoms with van der Waals surface area (Å²) in [7, 11) is 1.70. The molecule has 0 aliphatic carbocycles. The summed E-state index contributed by atoms with van der Waals surface area (Å²) in [6.07, 6.45) is 0. The number of rotatable bonds is 3. The minimum Gasteiger partial charge on any atom is -0.487 e. The summed E-state index contributed by atoms with van der Waals surface area (Å²) >= 11 is 5.20. The van der Waals surface area contributed by atoms with Gasteiger partial charge in [-0.3, -0.25) is 0 Å². The molecule has 5 heteroatoms. The number of nitrogens with zero attached hydrogens (tertiary/aromatic N) is 1. The lowest BCUT2D eigenvalue weighted by molar-refractivity contribution is 0.427. The van der Waals surface area contributed by atoms with Crippen LogP contribution in [0.5, 0.6) is 5.06 Å². The van der Waals surface area contributed by atoms with Gasteiger partial charge in [-0.25, -0.2) is 4.98 Å². The summed E-state index contributed by atoms with van der Waals surface area (Å²) in [5.74, 6) is 0. The average Bonchev–Trinajstić information content (AvgIpc) is 3.24. The summed E-state index contributed by atoms with van der Waals surface area (Å²) in [6.45, 7) is 0. The highest BCUT2D eigenvalue weighted by atomic mass is 32.1. The van der Waals surface area contributed by atoms with Crippen LogP contribution in [0.1, 0.15) is 0 Å². The maximum absolute atomic E-state index is 5.26. The van der Waals surface area contributed by atoms with E-state index < -0.39 is 0 Å². The van der Waals surface area contributed by atoms with Gasteiger partial charge < -0.3 is 4.74 Å². The van der Waals surface area contributed by atoms with E-state index in [4.69, 9.17) is 9.72 Å². The molecule has 21 heavy (non-hydrogen) atoms. The second-order valence-corrected chi connectivity index (χ2v) is 7.63. The van der Waals surface area contributed by atoms with E-state index in [1.807, 2.05) is 12.1 Å². The second-order valence-electron chi connectivity index (χ2n) is 4.47. The largest absolute Gasteiger partial charge is 0.487 e. The van der Waals surface area contributed by atoms with Gasteiger partial charge in [-0.1, -0.05) is 23.5 Å². The van der Waals surface area contributed by atoms with Gasteiger partial charge in [0.1, 0.15) is 5.01 Å². The monoisotopic (exact) mass is 329 g/mol. The number of para-hydroxylation sites is 1. The van der Waals surface area contributed by atoms with Gasteiger partial charge in [-0.15, -0.1) is 22.7 Å². The molecule has 2 nitrogen and oxygen atoms in total. The molecule has 0 radical (unpaired) electrons. The number of hydrogen-bond acceptors (Lipinski definition) is 5. The Morgan fingerprint density at radius 1 is 0.810 bits per heavy atom. The minimum atomic E-state index is 0.944. The van der Waals surface area contributed by atoms with Crippen molar-refractivity contribution in [2.45, 2.75) is 0 Å². The molecule has 0 spiro atoms. The van der Waals surface area contributed by atoms with E-state index >= 15 is 0 Å². The first-order chi connectivity index (χ1) is 10.3. The molecule has 1 aromatic carbocycles. The molecule has 0 atom stereocenters. The number of benzene rings is 1. The Kier molecular flexibility index (Phi) is 3.25. The fourth-order valence-electron chi connectivity index (χ4n) is 2.13. The SMILES string of the molecule is COc1ccc(-c2ccc(-c3nc4ccccc4s3)s2)s1. The molecule has 0 saturated heterocycles. The van der Waals surface area contributed by atoms with Crippen molar-refractivity contribution >= 4 is 44.2 Å². The maximum Gasteiger partial charge on any atom is 0.173 e. The standard InChI is InChI=1S/C16H11NOS3/c1-18-15-9-8-13(20-15)12-6-7-14(19-12)16-17-10-4-2-3-5-11(10)21-16/h2-9H,1H3. The third-order valence-corrected chi connectivity index (χ3v) is 6.67. The van der Waals surface area contributed by atoms with Crippen molar-refractivity contribution in [2.75, 3.05) is 7.11 Å². The Bertz CT molecular complexity index is 870. The number of thiophene rings is 2. The van der Waals surface area contributed by atoms with Crippen LogP contribution >= 0.6 is 34.0 Å². The Balaban J connectivity index is 1.73. The first-order valence-electron chi connectivity index (χ1n) is 6.43. The van der Waals surface area contributed by atoms with Crippen LogP contribution in [0.2, 0.25) is 0 Å². The molecule has 0 saturated carbocycles. The Morgan fingerprint density at radius 3 is 2.38 bits per heavy atom. The second kappa shape index (κ2) is 5.26. The molecule has 3 aromatic heterocycles. The number of hydrogen-bond donors (Lipinski definition) is 0. The van der Waals surface area contributed by atoms with Gasteiger partial charge in [0.25, 0.3) is 0 Å². The highest BCUT2D eigenvalue weighted by Gasteiger charge is 2.11. The van der Waals surface area contributed by atoms with Gasteiger partial charge in [-0.05, 0) is 36.4 Å². The molecular formula is C16H11NOS3. The number of thiazole rings is 1. The highest BCUT2D eigenvalue weighted by Crippen LogP contribution is 2.41. The summed E-state index contributed by atoms with van der Waals surface area (Å²) in [6, 6.07) is 16.7. The normalized spacial score (nSPS) is 11.1. The first kappa shape index (κ1) is 13.0. The third-order valence-electron chi connectivity index (χ3n) is 3.14. The Hall–Kier alpha value is -1.69. The van der Waals surface area contributed by atoms with Crippen molar-refractivity contribution < 1.29 is 4.74 Å². The summed E-state index contributed by atoms with van der Waals surface area (Å²) in [5.41, 5.74) is 1.07. The minimum absolute atomic E-state index is 0.944. The summed E-state index contributed by atoms with van der Waals surface area (Å²) in [5, 5.41) is 2.04. The van der Waals surface area contributed by atoms with Crippen LogP contribution in [-0.2, 0) is 0 Å². The maximum atomic E-state index is 5.26. The number of fused-ring (bicyclic) bond motifs is 1. The lowest BCUT2D eigenvalue weighted by Gasteiger charge is -1.91.